The number of hydrogen-bond acceptors (Lipinski definition) is 4. The Morgan fingerprint density at radius 3 is 3.16 bits per heavy atom. The van der Waals surface area contributed by atoms with Gasteiger partial charge in [-0.2, -0.15) is 5.26 Å². The van der Waals surface area contributed by atoms with Crippen LogP contribution in [0.3, 0.4) is 0 Å². The van der Waals surface area contributed by atoms with Gasteiger partial charge in [-0.1, -0.05) is 0 Å². The molecule has 0 aliphatic heterocycles. The summed E-state index contributed by atoms with van der Waals surface area (Å²) in [7, 11) is 0. The predicted octanol–water partition coefficient (Wildman–Crippen LogP) is 2.69. The Morgan fingerprint density at radius 2 is 2.37 bits per heavy atom. The number of aryl methyl sites for hydroxylation is 2. The van der Waals surface area contributed by atoms with Gasteiger partial charge in [0.2, 0.25) is 0 Å². The van der Waals surface area contributed by atoms with Gasteiger partial charge in [0.15, 0.2) is 0 Å². The summed E-state index contributed by atoms with van der Waals surface area (Å²) in [5.74, 6) is 1.64. The second-order valence-electron chi connectivity index (χ2n) is 4.71. The zero-order chi connectivity index (χ0) is 13.1. The van der Waals surface area contributed by atoms with Gasteiger partial charge in [-0.25, -0.2) is 4.98 Å². The fourth-order valence-electron chi connectivity index (χ4n) is 2.45. The van der Waals surface area contributed by atoms with Gasteiger partial charge >= 0.3 is 0 Å². The minimum atomic E-state index is 0.639. The number of fused-ring (bicyclic) bond motifs is 1. The summed E-state index contributed by atoms with van der Waals surface area (Å²) in [6.45, 7) is 0.716. The van der Waals surface area contributed by atoms with Gasteiger partial charge in [0.1, 0.15) is 17.6 Å². The number of aromatic nitrogens is 1. The maximum atomic E-state index is 9.18. The molecule has 0 unspecified atom stereocenters. The molecule has 0 saturated heterocycles. The Hall–Kier alpha value is -2.28. The molecule has 2 aromatic rings. The molecule has 0 radical (unpaired) electrons. The Bertz CT molecular complexity index is 611. The molecule has 2 heterocycles. The molecular formula is C15H15N3O. The third-order valence-corrected chi connectivity index (χ3v) is 3.42. The molecule has 0 spiro atoms. The predicted molar refractivity (Wildman–Crippen MR) is 71.9 cm³/mol. The van der Waals surface area contributed by atoms with Crippen LogP contribution >= 0.6 is 0 Å². The van der Waals surface area contributed by atoms with Gasteiger partial charge < -0.3 is 9.73 Å². The zero-order valence-electron chi connectivity index (χ0n) is 10.6. The van der Waals surface area contributed by atoms with Crippen LogP contribution in [0.15, 0.2) is 28.9 Å². The first kappa shape index (κ1) is 11.8. The van der Waals surface area contributed by atoms with E-state index in [0.717, 1.165) is 37.1 Å². The smallest absolute Gasteiger partial charge is 0.144 e. The summed E-state index contributed by atoms with van der Waals surface area (Å²) in [6, 6.07) is 8.02. The molecule has 0 bridgehead atoms. The molecule has 0 atom stereocenters. The van der Waals surface area contributed by atoms with Crippen LogP contribution in [0.4, 0.5) is 5.82 Å². The van der Waals surface area contributed by atoms with Gasteiger partial charge in [0.05, 0.1) is 11.8 Å². The van der Waals surface area contributed by atoms with Crippen molar-refractivity contribution in [2.45, 2.75) is 25.7 Å². The fourth-order valence-corrected chi connectivity index (χ4v) is 2.45. The van der Waals surface area contributed by atoms with E-state index < -0.39 is 0 Å². The van der Waals surface area contributed by atoms with Crippen LogP contribution in [0.5, 0.6) is 0 Å². The van der Waals surface area contributed by atoms with Crippen molar-refractivity contribution in [3.05, 3.63) is 47.0 Å². The molecule has 0 saturated carbocycles. The molecule has 0 amide bonds. The van der Waals surface area contributed by atoms with Crippen molar-refractivity contribution < 1.29 is 4.42 Å². The third kappa shape index (κ3) is 2.45. The zero-order valence-corrected chi connectivity index (χ0v) is 10.6. The highest BCUT2D eigenvalue weighted by atomic mass is 16.3. The number of pyridine rings is 1. The standard InChI is InChI=1S/C15H15N3O/c16-10-12-9-11-3-1-5-14(11)18-15(12)17-7-6-13-4-2-8-19-13/h2,4,8-9H,1,3,5-7H2,(H,17,18). The van der Waals surface area contributed by atoms with Gasteiger partial charge in [0, 0.05) is 18.7 Å². The van der Waals surface area contributed by atoms with Gasteiger partial charge in [-0.05, 0) is 43.0 Å². The molecule has 4 nitrogen and oxygen atoms in total. The second-order valence-corrected chi connectivity index (χ2v) is 4.71. The van der Waals surface area contributed by atoms with E-state index in [0.29, 0.717) is 17.9 Å². The monoisotopic (exact) mass is 253 g/mol. The number of nitrogens with one attached hydrogen (secondary N) is 1. The van der Waals surface area contributed by atoms with Crippen LogP contribution in [0.1, 0.15) is 29.0 Å². The SMILES string of the molecule is N#Cc1cc2c(nc1NCCc1ccco1)CCC2. The van der Waals surface area contributed by atoms with Crippen LogP contribution < -0.4 is 5.32 Å². The highest BCUT2D eigenvalue weighted by Crippen LogP contribution is 2.24. The maximum absolute atomic E-state index is 9.18. The van der Waals surface area contributed by atoms with E-state index in [9.17, 15) is 5.26 Å². The second kappa shape index (κ2) is 5.15. The topological polar surface area (TPSA) is 61.9 Å². The van der Waals surface area contributed by atoms with Crippen molar-refractivity contribution in [1.82, 2.24) is 4.98 Å². The number of anilines is 1. The first-order valence-electron chi connectivity index (χ1n) is 6.56. The van der Waals surface area contributed by atoms with Crippen LogP contribution in [0, 0.1) is 11.3 Å². The average Bonchev–Trinajstić information content (AvgIpc) is 3.08. The quantitative estimate of drug-likeness (QED) is 0.910. The average molecular weight is 253 g/mol. The largest absolute Gasteiger partial charge is 0.469 e. The highest BCUT2D eigenvalue weighted by molar-refractivity contribution is 5.55. The molecule has 0 aromatic carbocycles. The first-order valence-corrected chi connectivity index (χ1v) is 6.56. The van der Waals surface area contributed by atoms with E-state index in [1.165, 1.54) is 5.56 Å². The summed E-state index contributed by atoms with van der Waals surface area (Å²) in [5, 5.41) is 12.4. The molecule has 4 heteroatoms. The maximum Gasteiger partial charge on any atom is 0.144 e. The fraction of sp³-hybridized carbons (Fsp3) is 0.333. The summed E-state index contributed by atoms with van der Waals surface area (Å²) in [4.78, 5) is 4.58. The van der Waals surface area contributed by atoms with Crippen molar-refractivity contribution in [1.29, 1.82) is 5.26 Å². The summed E-state index contributed by atoms with van der Waals surface area (Å²) in [6.07, 6.45) is 5.67. The Morgan fingerprint density at radius 1 is 1.42 bits per heavy atom. The summed E-state index contributed by atoms with van der Waals surface area (Å²) in [5.41, 5.74) is 3.01. The Balaban J connectivity index is 1.72. The Kier molecular flexibility index (Phi) is 3.20. The molecule has 19 heavy (non-hydrogen) atoms. The van der Waals surface area contributed by atoms with E-state index >= 15 is 0 Å². The molecule has 1 aliphatic rings. The molecule has 0 fully saturated rings. The molecule has 1 N–H and O–H groups in total. The van der Waals surface area contributed by atoms with E-state index in [2.05, 4.69) is 16.4 Å². The molecule has 3 rings (SSSR count). The third-order valence-electron chi connectivity index (χ3n) is 3.42. The number of furan rings is 1. The Labute approximate surface area is 112 Å². The molecule has 2 aromatic heterocycles. The summed E-state index contributed by atoms with van der Waals surface area (Å²) < 4.78 is 5.28. The lowest BCUT2D eigenvalue weighted by atomic mass is 10.1. The first-order chi connectivity index (χ1) is 9.36. The van der Waals surface area contributed by atoms with E-state index in [-0.39, 0.29) is 0 Å². The number of nitriles is 1. The van der Waals surface area contributed by atoms with Crippen molar-refractivity contribution in [2.24, 2.45) is 0 Å². The minimum Gasteiger partial charge on any atom is -0.469 e. The van der Waals surface area contributed by atoms with Gasteiger partial charge in [-0.3, -0.25) is 0 Å². The van der Waals surface area contributed by atoms with Crippen molar-refractivity contribution in [3.8, 4) is 6.07 Å². The van der Waals surface area contributed by atoms with E-state index in [1.807, 2.05) is 18.2 Å². The van der Waals surface area contributed by atoms with Crippen LogP contribution in [0.25, 0.3) is 0 Å². The van der Waals surface area contributed by atoms with Crippen molar-refractivity contribution >= 4 is 5.82 Å². The van der Waals surface area contributed by atoms with Gasteiger partial charge in [-0.15, -0.1) is 0 Å². The number of nitrogens with zero attached hydrogens (tertiary/aromatic N) is 2. The lowest BCUT2D eigenvalue weighted by Gasteiger charge is -2.09. The summed E-state index contributed by atoms with van der Waals surface area (Å²) >= 11 is 0. The molecule has 96 valence electrons. The van der Waals surface area contributed by atoms with Crippen LogP contribution in [-0.2, 0) is 19.3 Å². The van der Waals surface area contributed by atoms with E-state index in [1.54, 1.807) is 6.26 Å². The van der Waals surface area contributed by atoms with Crippen LogP contribution in [0.2, 0.25) is 0 Å². The minimum absolute atomic E-state index is 0.639. The molecule has 1 aliphatic carbocycles. The number of hydrogen-bond donors (Lipinski definition) is 1. The highest BCUT2D eigenvalue weighted by Gasteiger charge is 2.16. The normalized spacial score (nSPS) is 13.0. The van der Waals surface area contributed by atoms with Crippen molar-refractivity contribution in [3.63, 3.8) is 0 Å². The van der Waals surface area contributed by atoms with E-state index in [4.69, 9.17) is 4.42 Å². The lowest BCUT2D eigenvalue weighted by Crippen LogP contribution is -2.09. The number of rotatable bonds is 4. The lowest BCUT2D eigenvalue weighted by molar-refractivity contribution is 0.513. The van der Waals surface area contributed by atoms with Crippen molar-refractivity contribution in [2.75, 3.05) is 11.9 Å². The molecular weight excluding hydrogens is 238 g/mol. The van der Waals surface area contributed by atoms with Gasteiger partial charge in [0.25, 0.3) is 0 Å². The van der Waals surface area contributed by atoms with Crippen LogP contribution in [-0.4, -0.2) is 11.5 Å².